The van der Waals surface area contributed by atoms with Crippen LogP contribution in [0.15, 0.2) is 34.6 Å². The molecule has 0 amide bonds. The number of nitrogens with one attached hydrogen (secondary N) is 2. The molecule has 2 aromatic rings. The van der Waals surface area contributed by atoms with E-state index in [1.807, 2.05) is 6.07 Å². The molecule has 0 fully saturated rings. The Bertz CT molecular complexity index is 487. The summed E-state index contributed by atoms with van der Waals surface area (Å²) < 4.78 is 13.8. The Labute approximate surface area is 109 Å². The molecular formula is C12H15FN4S. The SMILES string of the molecule is CCCNCc1c(F)cccc1Sc1ncn[nH]1. The second-order valence-corrected chi connectivity index (χ2v) is 4.82. The van der Waals surface area contributed by atoms with Gasteiger partial charge in [-0.25, -0.2) is 9.37 Å². The molecule has 1 aromatic carbocycles. The highest BCUT2D eigenvalue weighted by molar-refractivity contribution is 7.99. The van der Waals surface area contributed by atoms with Crippen molar-refractivity contribution in [2.24, 2.45) is 0 Å². The lowest BCUT2D eigenvalue weighted by atomic mass is 10.2. The molecule has 0 aliphatic rings. The lowest BCUT2D eigenvalue weighted by Crippen LogP contribution is -2.15. The number of H-pyrrole nitrogens is 1. The highest BCUT2D eigenvalue weighted by Gasteiger charge is 2.10. The summed E-state index contributed by atoms with van der Waals surface area (Å²) in [5, 5.41) is 10.4. The monoisotopic (exact) mass is 266 g/mol. The second-order valence-electron chi connectivity index (χ2n) is 3.79. The molecule has 18 heavy (non-hydrogen) atoms. The smallest absolute Gasteiger partial charge is 0.188 e. The summed E-state index contributed by atoms with van der Waals surface area (Å²) in [5.74, 6) is -0.192. The van der Waals surface area contributed by atoms with Crippen molar-refractivity contribution in [3.05, 3.63) is 35.9 Å². The van der Waals surface area contributed by atoms with E-state index in [1.54, 1.807) is 6.07 Å². The topological polar surface area (TPSA) is 53.6 Å². The summed E-state index contributed by atoms with van der Waals surface area (Å²) in [6, 6.07) is 5.07. The van der Waals surface area contributed by atoms with Gasteiger partial charge in [-0.3, -0.25) is 5.10 Å². The molecule has 2 rings (SSSR count). The molecule has 0 radical (unpaired) electrons. The van der Waals surface area contributed by atoms with E-state index >= 15 is 0 Å². The van der Waals surface area contributed by atoms with E-state index in [-0.39, 0.29) is 5.82 Å². The van der Waals surface area contributed by atoms with E-state index < -0.39 is 0 Å². The number of hydrogen-bond donors (Lipinski definition) is 2. The van der Waals surface area contributed by atoms with Crippen LogP contribution < -0.4 is 5.32 Å². The van der Waals surface area contributed by atoms with Crippen LogP contribution in [-0.4, -0.2) is 21.7 Å². The van der Waals surface area contributed by atoms with Crippen LogP contribution in [-0.2, 0) is 6.54 Å². The van der Waals surface area contributed by atoms with Gasteiger partial charge in [-0.2, -0.15) is 5.10 Å². The summed E-state index contributed by atoms with van der Waals surface area (Å²) in [6.45, 7) is 3.48. The minimum absolute atomic E-state index is 0.192. The second kappa shape index (κ2) is 6.51. The van der Waals surface area contributed by atoms with Crippen molar-refractivity contribution in [2.45, 2.75) is 29.9 Å². The third kappa shape index (κ3) is 3.30. The average Bonchev–Trinajstić information content (AvgIpc) is 2.86. The van der Waals surface area contributed by atoms with Gasteiger partial charge in [-0.1, -0.05) is 13.0 Å². The first-order valence-electron chi connectivity index (χ1n) is 5.82. The van der Waals surface area contributed by atoms with Gasteiger partial charge in [0.05, 0.1) is 0 Å². The van der Waals surface area contributed by atoms with Gasteiger partial charge in [0.1, 0.15) is 12.1 Å². The number of aromatic amines is 1. The van der Waals surface area contributed by atoms with Crippen LogP contribution in [0.25, 0.3) is 0 Å². The van der Waals surface area contributed by atoms with Gasteiger partial charge in [0.15, 0.2) is 5.16 Å². The number of aromatic nitrogens is 3. The number of hydrogen-bond acceptors (Lipinski definition) is 4. The van der Waals surface area contributed by atoms with Gasteiger partial charge in [0, 0.05) is 17.0 Å². The van der Waals surface area contributed by atoms with Gasteiger partial charge in [0.25, 0.3) is 0 Å². The highest BCUT2D eigenvalue weighted by Crippen LogP contribution is 2.28. The molecule has 1 aromatic heterocycles. The van der Waals surface area contributed by atoms with Crippen LogP contribution in [0.3, 0.4) is 0 Å². The van der Waals surface area contributed by atoms with Crippen LogP contribution in [0, 0.1) is 5.82 Å². The Morgan fingerprint density at radius 3 is 3.06 bits per heavy atom. The van der Waals surface area contributed by atoms with E-state index in [4.69, 9.17) is 0 Å². The van der Waals surface area contributed by atoms with E-state index in [0.717, 1.165) is 17.9 Å². The van der Waals surface area contributed by atoms with Crippen molar-refractivity contribution < 1.29 is 4.39 Å². The van der Waals surface area contributed by atoms with Crippen molar-refractivity contribution >= 4 is 11.8 Å². The van der Waals surface area contributed by atoms with Gasteiger partial charge >= 0.3 is 0 Å². The van der Waals surface area contributed by atoms with Gasteiger partial charge in [-0.05, 0) is 36.9 Å². The van der Waals surface area contributed by atoms with E-state index in [1.165, 1.54) is 24.2 Å². The predicted molar refractivity (Wildman–Crippen MR) is 68.9 cm³/mol. The number of halogens is 1. The number of nitrogens with zero attached hydrogens (tertiary/aromatic N) is 2. The normalized spacial score (nSPS) is 10.8. The van der Waals surface area contributed by atoms with Crippen LogP contribution in [0.5, 0.6) is 0 Å². The van der Waals surface area contributed by atoms with Crippen molar-refractivity contribution in [1.82, 2.24) is 20.5 Å². The van der Waals surface area contributed by atoms with E-state index in [9.17, 15) is 4.39 Å². The molecule has 2 N–H and O–H groups in total. The third-order valence-electron chi connectivity index (χ3n) is 2.40. The predicted octanol–water partition coefficient (Wildman–Crippen LogP) is 2.59. The number of rotatable bonds is 6. The standard InChI is InChI=1S/C12H15FN4S/c1-2-6-14-7-9-10(13)4-3-5-11(9)18-12-15-8-16-17-12/h3-5,8,14H,2,6-7H2,1H3,(H,15,16,17). The summed E-state index contributed by atoms with van der Waals surface area (Å²) in [4.78, 5) is 4.89. The minimum atomic E-state index is -0.192. The fourth-order valence-electron chi connectivity index (χ4n) is 1.54. The van der Waals surface area contributed by atoms with Crippen LogP contribution in [0.4, 0.5) is 4.39 Å². The summed E-state index contributed by atoms with van der Waals surface area (Å²) in [5.41, 5.74) is 0.673. The van der Waals surface area contributed by atoms with Gasteiger partial charge in [0.2, 0.25) is 0 Å². The lowest BCUT2D eigenvalue weighted by Gasteiger charge is -2.09. The Kier molecular flexibility index (Phi) is 4.72. The first-order valence-corrected chi connectivity index (χ1v) is 6.64. The Morgan fingerprint density at radius 2 is 2.33 bits per heavy atom. The van der Waals surface area contributed by atoms with Crippen LogP contribution >= 0.6 is 11.8 Å². The molecule has 0 unspecified atom stereocenters. The Hall–Kier alpha value is -1.40. The molecule has 0 saturated carbocycles. The van der Waals surface area contributed by atoms with Crippen LogP contribution in [0.1, 0.15) is 18.9 Å². The Balaban J connectivity index is 2.15. The zero-order chi connectivity index (χ0) is 12.8. The molecule has 0 aliphatic heterocycles. The molecule has 4 nitrogen and oxygen atoms in total. The molecule has 0 saturated heterocycles. The fourth-order valence-corrected chi connectivity index (χ4v) is 2.39. The summed E-state index contributed by atoms with van der Waals surface area (Å²) in [6.07, 6.45) is 2.47. The van der Waals surface area contributed by atoms with E-state index in [2.05, 4.69) is 27.4 Å². The highest BCUT2D eigenvalue weighted by atomic mass is 32.2. The van der Waals surface area contributed by atoms with Gasteiger partial charge < -0.3 is 5.32 Å². The van der Waals surface area contributed by atoms with E-state index in [0.29, 0.717) is 17.3 Å². The zero-order valence-corrected chi connectivity index (χ0v) is 10.9. The lowest BCUT2D eigenvalue weighted by molar-refractivity contribution is 0.578. The quantitative estimate of drug-likeness (QED) is 0.789. The summed E-state index contributed by atoms with van der Waals surface area (Å²) in [7, 11) is 0. The first-order chi connectivity index (χ1) is 8.81. The van der Waals surface area contributed by atoms with Crippen molar-refractivity contribution in [2.75, 3.05) is 6.54 Å². The maximum absolute atomic E-state index is 13.8. The fraction of sp³-hybridized carbons (Fsp3) is 0.333. The molecule has 1 heterocycles. The maximum Gasteiger partial charge on any atom is 0.188 e. The molecule has 0 atom stereocenters. The first kappa shape index (κ1) is 13.0. The zero-order valence-electron chi connectivity index (χ0n) is 10.1. The maximum atomic E-state index is 13.8. The minimum Gasteiger partial charge on any atom is -0.313 e. The largest absolute Gasteiger partial charge is 0.313 e. The van der Waals surface area contributed by atoms with Gasteiger partial charge in [-0.15, -0.1) is 0 Å². The molecule has 96 valence electrons. The molecular weight excluding hydrogens is 251 g/mol. The number of benzene rings is 1. The van der Waals surface area contributed by atoms with Crippen molar-refractivity contribution in [3.63, 3.8) is 0 Å². The van der Waals surface area contributed by atoms with Crippen LogP contribution in [0.2, 0.25) is 0 Å². The molecule has 6 heteroatoms. The molecule has 0 aliphatic carbocycles. The summed E-state index contributed by atoms with van der Waals surface area (Å²) >= 11 is 1.38. The average molecular weight is 266 g/mol. The molecule has 0 spiro atoms. The van der Waals surface area contributed by atoms with Crippen molar-refractivity contribution in [3.8, 4) is 0 Å². The Morgan fingerprint density at radius 1 is 1.44 bits per heavy atom. The van der Waals surface area contributed by atoms with Crippen molar-refractivity contribution in [1.29, 1.82) is 0 Å². The third-order valence-corrected chi connectivity index (χ3v) is 3.40. The molecule has 0 bridgehead atoms.